The van der Waals surface area contributed by atoms with Gasteiger partial charge < -0.3 is 0 Å². The van der Waals surface area contributed by atoms with Crippen LogP contribution in [0.5, 0.6) is 11.5 Å². The van der Waals surface area contributed by atoms with Gasteiger partial charge in [-0.1, -0.05) is 121 Å². The summed E-state index contributed by atoms with van der Waals surface area (Å²) in [6.07, 6.45) is 0. The van der Waals surface area contributed by atoms with Crippen LogP contribution >= 0.6 is 0 Å². The molecule has 4 aliphatic rings. The SMILES string of the molecule is c1ccc(-c2ccccc2N(c2ccccc2)c2cc3c4c(c2)N(c2ccccc2-c2ccccc2)c2ccccc2B4c2cc4c(cc2O3)N(c2cccc3[te]c5ccccc5c23)c2cc(N(c3ccccc3)c3ccccc3)cc3c2B4c2ccccc2N3c2ccccc2)cc1. The van der Waals surface area contributed by atoms with E-state index >= 15 is 0 Å². The van der Waals surface area contributed by atoms with E-state index in [2.05, 4.69) is 382 Å². The molecule has 462 valence electrons. The summed E-state index contributed by atoms with van der Waals surface area (Å²) in [4.78, 5) is 12.6. The Balaban J connectivity index is 0.892. The van der Waals surface area contributed by atoms with Gasteiger partial charge in [-0.15, -0.1) is 0 Å². The number of benzene rings is 15. The van der Waals surface area contributed by atoms with Crippen molar-refractivity contribution >= 4 is 170 Å². The van der Waals surface area contributed by atoms with Gasteiger partial charge in [-0.05, 0) is 35.4 Å². The van der Waals surface area contributed by atoms with E-state index in [1.165, 1.54) is 39.4 Å². The van der Waals surface area contributed by atoms with Crippen molar-refractivity contribution in [3.8, 4) is 33.8 Å². The molecule has 6 nitrogen and oxygen atoms in total. The quantitative estimate of drug-likeness (QED) is 0.120. The van der Waals surface area contributed by atoms with Gasteiger partial charge in [-0.25, -0.2) is 0 Å². The predicted molar refractivity (Wildman–Crippen MR) is 419 cm³/mol. The molecule has 15 aromatic carbocycles. The van der Waals surface area contributed by atoms with Crippen LogP contribution in [0, 0.1) is 0 Å². The van der Waals surface area contributed by atoms with Crippen LogP contribution < -0.4 is 62.0 Å². The Kier molecular flexibility index (Phi) is 13.5. The third-order valence-corrected chi connectivity index (χ3v) is 23.6. The van der Waals surface area contributed by atoms with Gasteiger partial charge in [-0.3, -0.25) is 0 Å². The van der Waals surface area contributed by atoms with Crippen molar-refractivity contribution in [2.45, 2.75) is 0 Å². The molecule has 0 spiro atoms. The number of ether oxygens (including phenoxy) is 1. The molecule has 0 aliphatic carbocycles. The molecule has 0 radical (unpaired) electrons. The molecule has 0 unspecified atom stereocenters. The minimum Gasteiger partial charge on any atom is -0.0616 e. The molecular formula is C90H59B2N5OTe. The molecule has 0 N–H and O–H groups in total. The number of nitrogens with zero attached hydrogens (tertiary/aromatic N) is 5. The summed E-state index contributed by atoms with van der Waals surface area (Å²) in [5.74, 6) is 1.64. The maximum absolute atomic E-state index is 8.04. The molecule has 1 aromatic heterocycles. The summed E-state index contributed by atoms with van der Waals surface area (Å²) < 4.78 is 10.9. The molecule has 16 aromatic rings. The van der Waals surface area contributed by atoms with E-state index < -0.39 is 20.4 Å². The fourth-order valence-electron chi connectivity index (χ4n) is 16.4. The molecule has 0 saturated carbocycles. The number of para-hydroxylation sites is 8. The molecule has 0 bridgehead atoms. The monoisotopic (exact) mass is 1380 g/mol. The van der Waals surface area contributed by atoms with Crippen LogP contribution in [-0.4, -0.2) is 33.9 Å². The fraction of sp³-hybridized carbons (Fsp3) is 0. The van der Waals surface area contributed by atoms with Crippen molar-refractivity contribution in [3.05, 3.63) is 358 Å². The largest absolute Gasteiger partial charge is 0.0616 e. The third kappa shape index (κ3) is 9.19. The average molecular weight is 1380 g/mol. The molecule has 4 aliphatic heterocycles. The summed E-state index contributed by atoms with van der Waals surface area (Å²) in [5, 5.41) is 2.63. The van der Waals surface area contributed by atoms with Crippen molar-refractivity contribution in [2.24, 2.45) is 0 Å². The molecule has 0 saturated heterocycles. The fourth-order valence-corrected chi connectivity index (χ4v) is 19.6. The van der Waals surface area contributed by atoms with Crippen molar-refractivity contribution in [1.29, 1.82) is 0 Å². The van der Waals surface area contributed by atoms with Crippen LogP contribution in [0.25, 0.3) is 39.8 Å². The Morgan fingerprint density at radius 1 is 0.273 bits per heavy atom. The number of fused-ring (bicyclic) bond motifs is 11. The average Bonchev–Trinajstić information content (AvgIpc) is 0.980. The van der Waals surface area contributed by atoms with E-state index in [1.54, 1.807) is 0 Å². The first kappa shape index (κ1) is 57.3. The van der Waals surface area contributed by atoms with E-state index in [4.69, 9.17) is 4.74 Å². The van der Waals surface area contributed by atoms with E-state index in [1.807, 2.05) is 0 Å². The van der Waals surface area contributed by atoms with Crippen LogP contribution in [0.1, 0.15) is 0 Å². The normalized spacial score (nSPS) is 12.8. The van der Waals surface area contributed by atoms with E-state index in [-0.39, 0.29) is 13.4 Å². The zero-order valence-electron chi connectivity index (χ0n) is 53.8. The maximum atomic E-state index is 8.04. The van der Waals surface area contributed by atoms with Crippen LogP contribution in [0.15, 0.2) is 358 Å². The molecule has 5 heterocycles. The number of anilines is 15. The van der Waals surface area contributed by atoms with Crippen molar-refractivity contribution in [2.75, 3.05) is 24.5 Å². The summed E-state index contributed by atoms with van der Waals surface area (Å²) >= 11 is -0.713. The minimum atomic E-state index is -0.713. The van der Waals surface area contributed by atoms with Gasteiger partial charge in [-0.2, -0.15) is 0 Å². The van der Waals surface area contributed by atoms with Crippen molar-refractivity contribution < 1.29 is 4.74 Å². The van der Waals surface area contributed by atoms with Crippen LogP contribution in [0.4, 0.5) is 85.3 Å². The van der Waals surface area contributed by atoms with E-state index in [0.717, 1.165) is 130 Å². The summed E-state index contributed by atoms with van der Waals surface area (Å²) in [6, 6.07) is 132. The first-order valence-corrected chi connectivity index (χ1v) is 36.3. The zero-order chi connectivity index (χ0) is 65.1. The molecule has 0 fully saturated rings. The van der Waals surface area contributed by atoms with Gasteiger partial charge in [0.25, 0.3) is 0 Å². The maximum Gasteiger partial charge on any atom is -0.0543 e. The van der Waals surface area contributed by atoms with E-state index in [9.17, 15) is 0 Å². The van der Waals surface area contributed by atoms with Gasteiger partial charge in [0.15, 0.2) is 0 Å². The predicted octanol–water partition coefficient (Wildman–Crippen LogP) is 19.8. The number of hydrogen-bond acceptors (Lipinski definition) is 6. The smallest absolute Gasteiger partial charge is 0.0543 e. The summed E-state index contributed by atoms with van der Waals surface area (Å²) in [7, 11) is 0. The zero-order valence-corrected chi connectivity index (χ0v) is 56.1. The Labute approximate surface area is 586 Å². The summed E-state index contributed by atoms with van der Waals surface area (Å²) in [5.41, 5.74) is 28.0. The first-order valence-electron chi connectivity index (χ1n) is 34.0. The number of hydrogen-bond donors (Lipinski definition) is 0. The topological polar surface area (TPSA) is 25.4 Å². The number of rotatable bonds is 11. The van der Waals surface area contributed by atoms with E-state index in [0.29, 0.717) is 0 Å². The Morgan fingerprint density at radius 2 is 0.737 bits per heavy atom. The molecule has 9 heteroatoms. The second-order valence-electron chi connectivity index (χ2n) is 25.8. The second-order valence-corrected chi connectivity index (χ2v) is 28.9. The van der Waals surface area contributed by atoms with Crippen LogP contribution in [0.3, 0.4) is 0 Å². The second kappa shape index (κ2) is 23.4. The van der Waals surface area contributed by atoms with Gasteiger partial charge in [0.2, 0.25) is 0 Å². The standard InChI is InChI=1S/C90H59B2N5OTe/c1-7-30-60(31-8-1)68-42-19-24-47-75(68)94(64-38-15-5-16-39-64)67-56-83-90-85(57-67)98-84-59-80-73(58-74(84)92(90)72-46-23-27-50-78(72)96(83)76-48-25-20-43-69(76)61-32-9-2-10-33-61)91-71-45-22-26-49-77(71)95(65-40-17-6-18-41-65)81-54-66(93(62-34-11-3-12-35-62)63-36-13-4-14-37-63)55-82(89(81)91)97(80)79-51-29-53-87-88(79)70-44-21-28-52-86(70)99-87/h1-59H. The third-order valence-electron chi connectivity index (χ3n) is 20.4. The van der Waals surface area contributed by atoms with Crippen molar-refractivity contribution in [3.63, 3.8) is 0 Å². The van der Waals surface area contributed by atoms with Crippen molar-refractivity contribution in [1.82, 2.24) is 0 Å². The molecule has 99 heavy (non-hydrogen) atoms. The molecule has 0 amide bonds. The first-order chi connectivity index (χ1) is 49.2. The van der Waals surface area contributed by atoms with Gasteiger partial charge >= 0.3 is 406 Å². The van der Waals surface area contributed by atoms with Gasteiger partial charge in [0, 0.05) is 16.8 Å². The Bertz CT molecular complexity index is 5800. The Morgan fingerprint density at radius 3 is 1.40 bits per heavy atom. The van der Waals surface area contributed by atoms with Gasteiger partial charge in [0.05, 0.1) is 11.4 Å². The van der Waals surface area contributed by atoms with Crippen LogP contribution in [0.2, 0.25) is 0 Å². The Hall–Kier alpha value is -12.0. The van der Waals surface area contributed by atoms with Crippen LogP contribution in [-0.2, 0) is 0 Å². The van der Waals surface area contributed by atoms with Gasteiger partial charge in [0.1, 0.15) is 0 Å². The minimum absolute atomic E-state index is 0.197. The molecule has 20 rings (SSSR count). The molecular weight excluding hydrogens is 1320 g/mol. The summed E-state index contributed by atoms with van der Waals surface area (Å²) in [6.45, 7) is -0.437. The molecule has 0 atom stereocenters.